The fourth-order valence-electron chi connectivity index (χ4n) is 1.99. The lowest BCUT2D eigenvalue weighted by Crippen LogP contribution is -2.26. The number of carbonyl (C=O) groups is 2. The second-order valence-corrected chi connectivity index (χ2v) is 6.36. The lowest BCUT2D eigenvalue weighted by Gasteiger charge is -2.10. The van der Waals surface area contributed by atoms with Crippen LogP contribution in [0.1, 0.15) is 21.6 Å². The summed E-state index contributed by atoms with van der Waals surface area (Å²) in [7, 11) is 0. The zero-order valence-electron chi connectivity index (χ0n) is 13.4. The van der Waals surface area contributed by atoms with Gasteiger partial charge >= 0.3 is 11.7 Å². The van der Waals surface area contributed by atoms with Crippen molar-refractivity contribution in [2.24, 2.45) is 0 Å². The fraction of sp³-hybridized carbons (Fsp3) is 0.188. The number of aromatic nitrogens is 1. The molecule has 0 aliphatic rings. The number of hydrogen-bond acceptors (Lipinski definition) is 4. The van der Waals surface area contributed by atoms with Gasteiger partial charge in [0.1, 0.15) is 10.0 Å². The summed E-state index contributed by atoms with van der Waals surface area (Å²) in [5.74, 6) is -1.38. The molecule has 132 valence electrons. The van der Waals surface area contributed by atoms with Crippen LogP contribution in [0.25, 0.3) is 0 Å². The molecule has 0 aliphatic heterocycles. The summed E-state index contributed by atoms with van der Waals surface area (Å²) < 4.78 is 4.94. The van der Waals surface area contributed by atoms with Crippen LogP contribution in [0.2, 0.25) is 15.2 Å². The predicted molar refractivity (Wildman–Crippen MR) is 97.3 cm³/mol. The first kappa shape index (κ1) is 19.3. The van der Waals surface area contributed by atoms with Gasteiger partial charge in [-0.2, -0.15) is 4.98 Å². The monoisotopic (exact) mass is 402 g/mol. The Hall–Kier alpha value is -2.02. The third kappa shape index (κ3) is 4.34. The molecular weight excluding hydrogens is 389 g/mol. The minimum atomic E-state index is -0.883. The molecule has 0 bridgehead atoms. The van der Waals surface area contributed by atoms with Crippen LogP contribution in [0, 0.1) is 13.8 Å². The smallest absolute Gasteiger partial charge is 0.405 e. The molecule has 2 rings (SSSR count). The molecule has 0 spiro atoms. The maximum absolute atomic E-state index is 12.1. The van der Waals surface area contributed by atoms with E-state index < -0.39 is 18.5 Å². The average Bonchev–Trinajstić information content (AvgIpc) is 2.58. The lowest BCUT2D eigenvalue weighted by molar-refractivity contribution is -0.380. The first-order valence-corrected chi connectivity index (χ1v) is 8.24. The molecule has 0 fully saturated rings. The van der Waals surface area contributed by atoms with Gasteiger partial charge in [-0.3, -0.25) is 4.79 Å². The van der Waals surface area contributed by atoms with E-state index >= 15 is 0 Å². The van der Waals surface area contributed by atoms with E-state index in [1.165, 1.54) is 0 Å². The molecule has 1 heterocycles. The fourth-order valence-corrected chi connectivity index (χ4v) is 2.59. The van der Waals surface area contributed by atoms with Crippen LogP contribution >= 0.6 is 34.8 Å². The minimum absolute atomic E-state index is 0.00381. The molecule has 2 aromatic rings. The number of nitrogens with two attached hydrogens (primary N) is 1. The van der Waals surface area contributed by atoms with E-state index in [1.54, 1.807) is 6.07 Å². The van der Waals surface area contributed by atoms with Gasteiger partial charge in [-0.15, -0.1) is 0 Å². The first-order chi connectivity index (χ1) is 11.7. The number of nitrogens with one attached hydrogen (secondary N) is 2. The molecule has 4 N–H and O–H groups in total. The van der Waals surface area contributed by atoms with E-state index in [9.17, 15) is 9.59 Å². The molecule has 1 amide bonds. The SMILES string of the molecule is Cc1cccc(NC(=O)COC(=O)c2[nH+]c(Cl)c(Cl)c(N)c2Cl)c1C. The van der Waals surface area contributed by atoms with Gasteiger partial charge < -0.3 is 15.8 Å². The molecule has 6 nitrogen and oxygen atoms in total. The van der Waals surface area contributed by atoms with Crippen LogP contribution in [0.15, 0.2) is 18.2 Å². The maximum atomic E-state index is 12.1. The number of aromatic amines is 1. The summed E-state index contributed by atoms with van der Waals surface area (Å²) in [6.45, 7) is 3.30. The van der Waals surface area contributed by atoms with Crippen molar-refractivity contribution in [1.29, 1.82) is 0 Å². The maximum Gasteiger partial charge on any atom is 0.405 e. The second kappa shape index (κ2) is 7.91. The van der Waals surface area contributed by atoms with Crippen LogP contribution < -0.4 is 16.0 Å². The van der Waals surface area contributed by atoms with Gasteiger partial charge in [0.05, 0.1) is 5.69 Å². The average molecular weight is 404 g/mol. The molecule has 9 heteroatoms. The number of anilines is 2. The Morgan fingerprint density at radius 1 is 1.20 bits per heavy atom. The number of pyridine rings is 1. The summed E-state index contributed by atoms with van der Waals surface area (Å²) in [6, 6.07) is 5.50. The highest BCUT2D eigenvalue weighted by molar-refractivity contribution is 6.45. The summed E-state index contributed by atoms with van der Waals surface area (Å²) in [5, 5.41) is 2.48. The molecular formula is C16H15Cl3N3O3+. The molecule has 1 aromatic heterocycles. The minimum Gasteiger partial charge on any atom is -0.448 e. The van der Waals surface area contributed by atoms with Gasteiger partial charge in [0, 0.05) is 5.69 Å². The van der Waals surface area contributed by atoms with Crippen LogP contribution in [0.3, 0.4) is 0 Å². The zero-order valence-corrected chi connectivity index (χ0v) is 15.6. The number of hydrogen-bond donors (Lipinski definition) is 2. The summed E-state index contributed by atoms with van der Waals surface area (Å²) in [4.78, 5) is 26.6. The number of esters is 1. The van der Waals surface area contributed by atoms with E-state index in [2.05, 4.69) is 10.3 Å². The van der Waals surface area contributed by atoms with Gasteiger partial charge in [-0.1, -0.05) is 35.3 Å². The van der Waals surface area contributed by atoms with Crippen molar-refractivity contribution in [2.75, 3.05) is 17.7 Å². The number of ether oxygens (including phenoxy) is 1. The van der Waals surface area contributed by atoms with Crippen molar-refractivity contribution in [3.05, 3.63) is 50.2 Å². The Bertz CT molecular complexity index is 856. The van der Waals surface area contributed by atoms with Gasteiger partial charge in [0.25, 0.3) is 11.1 Å². The van der Waals surface area contributed by atoms with E-state index in [0.29, 0.717) is 5.69 Å². The van der Waals surface area contributed by atoms with Crippen molar-refractivity contribution < 1.29 is 19.3 Å². The van der Waals surface area contributed by atoms with Gasteiger partial charge in [-0.05, 0) is 42.6 Å². The summed E-state index contributed by atoms with van der Waals surface area (Å²) >= 11 is 17.6. The third-order valence-electron chi connectivity index (χ3n) is 3.54. The van der Waals surface area contributed by atoms with E-state index in [0.717, 1.165) is 11.1 Å². The number of carbonyl (C=O) groups excluding carboxylic acids is 2. The van der Waals surface area contributed by atoms with Crippen molar-refractivity contribution in [2.45, 2.75) is 13.8 Å². The molecule has 0 radical (unpaired) electrons. The van der Waals surface area contributed by atoms with Crippen LogP contribution in [0.4, 0.5) is 11.4 Å². The molecule has 0 saturated heterocycles. The van der Waals surface area contributed by atoms with Crippen molar-refractivity contribution in [3.63, 3.8) is 0 Å². The van der Waals surface area contributed by atoms with E-state index in [4.69, 9.17) is 45.3 Å². The highest BCUT2D eigenvalue weighted by Gasteiger charge is 2.27. The Labute approximate surface area is 159 Å². The van der Waals surface area contributed by atoms with Crippen molar-refractivity contribution >= 4 is 58.1 Å². The van der Waals surface area contributed by atoms with Gasteiger partial charge in [-0.25, -0.2) is 4.79 Å². The third-order valence-corrected chi connectivity index (χ3v) is 4.70. The number of benzene rings is 1. The highest BCUT2D eigenvalue weighted by Crippen LogP contribution is 2.32. The predicted octanol–water partition coefficient (Wildman–Crippen LogP) is 3.46. The molecule has 0 aliphatic carbocycles. The number of amides is 1. The van der Waals surface area contributed by atoms with Crippen LogP contribution in [-0.2, 0) is 9.53 Å². The normalized spacial score (nSPS) is 10.4. The van der Waals surface area contributed by atoms with E-state index in [1.807, 2.05) is 26.0 Å². The lowest BCUT2D eigenvalue weighted by atomic mass is 10.1. The summed E-state index contributed by atoms with van der Waals surface area (Å²) in [6.07, 6.45) is 0. The van der Waals surface area contributed by atoms with Gasteiger partial charge in [0.2, 0.25) is 0 Å². The standard InChI is InChI=1S/C16H14Cl3N3O3/c1-7-4-3-5-9(8(7)2)21-10(23)6-25-16(24)14-11(17)13(20)12(18)15(19)22-14/h3-5H,6H2,1-2H3,(H2,20,22)(H,21,23)/p+1. The van der Waals surface area contributed by atoms with Crippen molar-refractivity contribution in [1.82, 2.24) is 0 Å². The highest BCUT2D eigenvalue weighted by atomic mass is 35.5. The first-order valence-electron chi connectivity index (χ1n) is 7.10. The second-order valence-electron chi connectivity index (χ2n) is 5.23. The van der Waals surface area contributed by atoms with Crippen LogP contribution in [0.5, 0.6) is 0 Å². The number of aryl methyl sites for hydroxylation is 1. The summed E-state index contributed by atoms with van der Waals surface area (Å²) in [5.41, 5.74) is 8.01. The number of nitrogen functional groups attached to an aromatic ring is 1. The van der Waals surface area contributed by atoms with E-state index in [-0.39, 0.29) is 26.6 Å². The molecule has 0 atom stereocenters. The molecule has 25 heavy (non-hydrogen) atoms. The molecule has 1 aromatic carbocycles. The number of H-pyrrole nitrogens is 1. The Morgan fingerprint density at radius 3 is 2.56 bits per heavy atom. The zero-order chi connectivity index (χ0) is 18.7. The Kier molecular flexibility index (Phi) is 6.11. The number of rotatable bonds is 4. The van der Waals surface area contributed by atoms with Crippen LogP contribution in [-0.4, -0.2) is 18.5 Å². The largest absolute Gasteiger partial charge is 0.448 e. The quantitative estimate of drug-likeness (QED) is 0.603. The Balaban J connectivity index is 2.05. The molecule has 0 unspecified atom stereocenters. The number of halogens is 3. The molecule has 0 saturated carbocycles. The van der Waals surface area contributed by atoms with Gasteiger partial charge in [0.15, 0.2) is 6.61 Å². The topological polar surface area (TPSA) is 95.6 Å². The Morgan fingerprint density at radius 2 is 1.88 bits per heavy atom. The van der Waals surface area contributed by atoms with Crippen molar-refractivity contribution in [3.8, 4) is 0 Å².